The van der Waals surface area contributed by atoms with Gasteiger partial charge in [0.15, 0.2) is 9.84 Å². The molecule has 1 atom stereocenters. The number of aryl methyl sites for hydroxylation is 2. The molecule has 1 aromatic heterocycles. The molecule has 0 saturated carbocycles. The number of anilines is 1. The summed E-state index contributed by atoms with van der Waals surface area (Å²) in [7, 11) is -1.13. The molecule has 1 amide bonds. The number of benzene rings is 1. The number of likely N-dealkylation sites (N-methyl/N-ethyl adjacent to an activating group) is 1. The lowest BCUT2D eigenvalue weighted by molar-refractivity contribution is -0.117. The van der Waals surface area contributed by atoms with Gasteiger partial charge < -0.3 is 9.88 Å². The van der Waals surface area contributed by atoms with Crippen LogP contribution in [0.4, 0.5) is 5.69 Å². The highest BCUT2D eigenvalue weighted by Crippen LogP contribution is 2.23. The molecular formula is C18H25N3O3S. The minimum absolute atomic E-state index is 0.0699. The first-order valence-electron chi connectivity index (χ1n) is 8.59. The number of rotatable bonds is 5. The highest BCUT2D eigenvalue weighted by molar-refractivity contribution is 7.91. The van der Waals surface area contributed by atoms with E-state index in [1.165, 1.54) is 5.69 Å². The largest absolute Gasteiger partial charge is 0.345 e. The van der Waals surface area contributed by atoms with E-state index in [1.54, 1.807) is 7.05 Å². The Kier molecular flexibility index (Phi) is 4.88. The van der Waals surface area contributed by atoms with Crippen LogP contribution < -0.4 is 5.32 Å². The zero-order valence-corrected chi connectivity index (χ0v) is 15.8. The van der Waals surface area contributed by atoms with Crippen LogP contribution in [0.5, 0.6) is 0 Å². The summed E-state index contributed by atoms with van der Waals surface area (Å²) in [5.41, 5.74) is 3.12. The number of nitrogens with one attached hydrogen (secondary N) is 1. The summed E-state index contributed by atoms with van der Waals surface area (Å²) in [6.45, 7) is 5.29. The first-order valence-corrected chi connectivity index (χ1v) is 10.4. The topological polar surface area (TPSA) is 71.4 Å². The van der Waals surface area contributed by atoms with E-state index in [0.717, 1.165) is 23.1 Å². The molecule has 1 saturated heterocycles. The molecule has 1 fully saturated rings. The molecule has 7 heteroatoms. The summed E-state index contributed by atoms with van der Waals surface area (Å²) in [5, 5.41) is 4.02. The Morgan fingerprint density at radius 1 is 1.36 bits per heavy atom. The Morgan fingerprint density at radius 2 is 2.12 bits per heavy atom. The van der Waals surface area contributed by atoms with Crippen LogP contribution >= 0.6 is 0 Å². The molecule has 3 rings (SSSR count). The lowest BCUT2D eigenvalue weighted by atomic mass is 10.2. The Bertz CT molecular complexity index is 902. The molecule has 2 aromatic rings. The van der Waals surface area contributed by atoms with Crippen LogP contribution in [0.2, 0.25) is 0 Å². The average Bonchev–Trinajstić information content (AvgIpc) is 3.05. The number of carbonyl (C=O) groups is 1. The molecule has 1 aromatic carbocycles. The monoisotopic (exact) mass is 363 g/mol. The number of hydrogen-bond donors (Lipinski definition) is 1. The minimum atomic E-state index is -2.94. The fraction of sp³-hybridized carbons (Fsp3) is 0.500. The standard InChI is InChI=1S/C18H25N3O3S/c1-4-21-13(2)9-14-10-15(5-6-17(14)21)19-18(22)11-20(3)16-7-8-25(23,24)12-16/h5-6,9-10,16H,4,7-8,11-12H2,1-3H3,(H,19,22). The van der Waals surface area contributed by atoms with E-state index >= 15 is 0 Å². The van der Waals surface area contributed by atoms with E-state index in [9.17, 15) is 13.2 Å². The van der Waals surface area contributed by atoms with Crippen molar-refractivity contribution in [3.05, 3.63) is 30.0 Å². The summed E-state index contributed by atoms with van der Waals surface area (Å²) < 4.78 is 25.4. The van der Waals surface area contributed by atoms with Gasteiger partial charge in [-0.1, -0.05) is 0 Å². The fourth-order valence-electron chi connectivity index (χ4n) is 3.59. The van der Waals surface area contributed by atoms with Crippen molar-refractivity contribution in [1.82, 2.24) is 9.47 Å². The van der Waals surface area contributed by atoms with Crippen molar-refractivity contribution in [2.45, 2.75) is 32.9 Å². The van der Waals surface area contributed by atoms with Gasteiger partial charge in [-0.05, 0) is 51.6 Å². The Morgan fingerprint density at radius 3 is 2.76 bits per heavy atom. The second-order valence-corrected chi connectivity index (χ2v) is 9.05. The lowest BCUT2D eigenvalue weighted by Crippen LogP contribution is -2.38. The van der Waals surface area contributed by atoms with Crippen LogP contribution in [0.1, 0.15) is 19.0 Å². The minimum Gasteiger partial charge on any atom is -0.345 e. The molecule has 25 heavy (non-hydrogen) atoms. The maximum Gasteiger partial charge on any atom is 0.238 e. The van der Waals surface area contributed by atoms with Gasteiger partial charge in [-0.2, -0.15) is 0 Å². The Balaban J connectivity index is 1.66. The summed E-state index contributed by atoms with van der Waals surface area (Å²) in [5.74, 6) is 0.235. The van der Waals surface area contributed by atoms with E-state index in [1.807, 2.05) is 23.1 Å². The maximum atomic E-state index is 12.3. The number of aromatic nitrogens is 1. The third-order valence-corrected chi connectivity index (χ3v) is 6.68. The maximum absolute atomic E-state index is 12.3. The normalized spacial score (nSPS) is 19.6. The second-order valence-electron chi connectivity index (χ2n) is 6.82. The van der Waals surface area contributed by atoms with Gasteiger partial charge in [0.2, 0.25) is 5.91 Å². The number of nitrogens with zero attached hydrogens (tertiary/aromatic N) is 2. The SMILES string of the molecule is CCn1c(C)cc2cc(NC(=O)CN(C)C3CCS(=O)(=O)C3)ccc21. The van der Waals surface area contributed by atoms with Crippen LogP contribution in [-0.2, 0) is 21.2 Å². The molecule has 1 N–H and O–H groups in total. The number of carbonyl (C=O) groups excluding carboxylic acids is 1. The van der Waals surface area contributed by atoms with Crippen molar-refractivity contribution in [3.8, 4) is 0 Å². The van der Waals surface area contributed by atoms with Gasteiger partial charge in [0.1, 0.15) is 0 Å². The van der Waals surface area contributed by atoms with E-state index in [4.69, 9.17) is 0 Å². The van der Waals surface area contributed by atoms with Crippen molar-refractivity contribution in [1.29, 1.82) is 0 Å². The van der Waals surface area contributed by atoms with Gasteiger partial charge in [0.25, 0.3) is 0 Å². The molecule has 136 valence electrons. The predicted octanol–water partition coefficient (Wildman–Crippen LogP) is 2.03. The van der Waals surface area contributed by atoms with Gasteiger partial charge in [-0.3, -0.25) is 9.69 Å². The molecule has 0 spiro atoms. The summed E-state index contributed by atoms with van der Waals surface area (Å²) >= 11 is 0. The van der Waals surface area contributed by atoms with Crippen LogP contribution in [0, 0.1) is 6.92 Å². The third-order valence-electron chi connectivity index (χ3n) is 4.93. The Hall–Kier alpha value is -1.86. The number of fused-ring (bicyclic) bond motifs is 1. The van der Waals surface area contributed by atoms with Crippen molar-refractivity contribution < 1.29 is 13.2 Å². The molecule has 6 nitrogen and oxygen atoms in total. The lowest BCUT2D eigenvalue weighted by Gasteiger charge is -2.22. The van der Waals surface area contributed by atoms with Gasteiger partial charge in [0.05, 0.1) is 18.1 Å². The van der Waals surface area contributed by atoms with Crippen molar-refractivity contribution in [2.24, 2.45) is 0 Å². The number of hydrogen-bond acceptors (Lipinski definition) is 4. The average molecular weight is 363 g/mol. The highest BCUT2D eigenvalue weighted by atomic mass is 32.2. The molecule has 0 bridgehead atoms. The van der Waals surface area contributed by atoms with Crippen molar-refractivity contribution >= 4 is 32.3 Å². The van der Waals surface area contributed by atoms with Crippen LogP contribution in [0.3, 0.4) is 0 Å². The molecule has 1 aliphatic heterocycles. The van der Waals surface area contributed by atoms with Gasteiger partial charge >= 0.3 is 0 Å². The van der Waals surface area contributed by atoms with Crippen LogP contribution in [0.15, 0.2) is 24.3 Å². The Labute approximate surface area is 148 Å². The van der Waals surface area contributed by atoms with Crippen molar-refractivity contribution in [2.75, 3.05) is 30.4 Å². The molecule has 2 heterocycles. The van der Waals surface area contributed by atoms with Crippen LogP contribution in [0.25, 0.3) is 10.9 Å². The third kappa shape index (κ3) is 3.88. The second kappa shape index (κ2) is 6.80. The quantitative estimate of drug-likeness (QED) is 0.882. The first kappa shape index (κ1) is 17.9. The van der Waals surface area contributed by atoms with Gasteiger partial charge in [0, 0.05) is 34.9 Å². The van der Waals surface area contributed by atoms with E-state index in [-0.39, 0.29) is 30.0 Å². The number of sulfone groups is 1. The molecule has 1 unspecified atom stereocenters. The molecule has 0 radical (unpaired) electrons. The molecular weight excluding hydrogens is 338 g/mol. The predicted molar refractivity (Wildman–Crippen MR) is 101 cm³/mol. The zero-order chi connectivity index (χ0) is 18.2. The van der Waals surface area contributed by atoms with Gasteiger partial charge in [-0.25, -0.2) is 8.42 Å². The summed E-state index contributed by atoms with van der Waals surface area (Å²) in [4.78, 5) is 14.1. The van der Waals surface area contributed by atoms with Crippen LogP contribution in [-0.4, -0.2) is 54.9 Å². The smallest absolute Gasteiger partial charge is 0.238 e. The van der Waals surface area contributed by atoms with E-state index in [0.29, 0.717) is 6.42 Å². The fourth-order valence-corrected chi connectivity index (χ4v) is 5.39. The molecule has 0 aliphatic carbocycles. The summed E-state index contributed by atoms with van der Waals surface area (Å²) in [6.07, 6.45) is 0.599. The zero-order valence-electron chi connectivity index (χ0n) is 14.9. The number of amides is 1. The van der Waals surface area contributed by atoms with Gasteiger partial charge in [-0.15, -0.1) is 0 Å². The summed E-state index contributed by atoms with van der Waals surface area (Å²) in [6, 6.07) is 7.95. The molecule has 1 aliphatic rings. The van der Waals surface area contributed by atoms with E-state index < -0.39 is 9.84 Å². The first-order chi connectivity index (χ1) is 11.8. The highest BCUT2D eigenvalue weighted by Gasteiger charge is 2.31. The van der Waals surface area contributed by atoms with E-state index in [2.05, 4.69) is 29.8 Å². The van der Waals surface area contributed by atoms with Crippen molar-refractivity contribution in [3.63, 3.8) is 0 Å².